The number of carbonyl (C=O) groups excluding carboxylic acids is 1. The van der Waals surface area contributed by atoms with E-state index in [-0.39, 0.29) is 24.9 Å². The summed E-state index contributed by atoms with van der Waals surface area (Å²) in [4.78, 5) is 13.5. The van der Waals surface area contributed by atoms with Gasteiger partial charge in [0.15, 0.2) is 6.61 Å². The number of aliphatic hydroxyl groups excluding tert-OH is 1. The number of amides is 1. The third kappa shape index (κ3) is 6.77. The van der Waals surface area contributed by atoms with E-state index in [0.717, 1.165) is 43.6 Å². The fourth-order valence-electron chi connectivity index (χ4n) is 2.58. The maximum absolute atomic E-state index is 11.9. The van der Waals surface area contributed by atoms with E-state index >= 15 is 0 Å². The number of hydrogen-bond donors (Lipinski definition) is 2. The second-order valence-corrected chi connectivity index (χ2v) is 6.23. The summed E-state index contributed by atoms with van der Waals surface area (Å²) in [5.41, 5.74) is 0.000666. The van der Waals surface area contributed by atoms with Gasteiger partial charge in [0.25, 0.3) is 5.91 Å². The van der Waals surface area contributed by atoms with Crippen molar-refractivity contribution in [2.75, 3.05) is 19.7 Å². The zero-order valence-electron chi connectivity index (χ0n) is 15.2. The lowest BCUT2D eigenvalue weighted by Gasteiger charge is -2.15. The number of carbonyl (C=O) groups is 1. The first kappa shape index (κ1) is 21.6. The Balaban J connectivity index is 0.000000221. The summed E-state index contributed by atoms with van der Waals surface area (Å²) in [7, 11) is 0. The minimum absolute atomic E-state index is 0.0208. The minimum atomic E-state index is -4.38. The summed E-state index contributed by atoms with van der Waals surface area (Å²) >= 11 is 0. The van der Waals surface area contributed by atoms with E-state index in [1.54, 1.807) is 24.3 Å². The lowest BCUT2D eigenvalue weighted by Crippen LogP contribution is -2.32. The second kappa shape index (κ2) is 9.98. The molecule has 1 aliphatic heterocycles. The van der Waals surface area contributed by atoms with Crippen molar-refractivity contribution in [3.63, 3.8) is 0 Å². The highest BCUT2D eigenvalue weighted by molar-refractivity contribution is 5.78. The summed E-state index contributed by atoms with van der Waals surface area (Å²) in [6.45, 7) is 1.82. The molecule has 8 heteroatoms. The summed E-state index contributed by atoms with van der Waals surface area (Å²) in [5.74, 6) is 0.336. The average molecular weight is 397 g/mol. The molecule has 0 saturated carbocycles. The molecule has 5 nitrogen and oxygen atoms in total. The maximum Gasteiger partial charge on any atom is 0.416 e. The van der Waals surface area contributed by atoms with Gasteiger partial charge in [-0.15, -0.1) is 0 Å². The van der Waals surface area contributed by atoms with Crippen LogP contribution in [-0.4, -0.2) is 40.7 Å². The van der Waals surface area contributed by atoms with Gasteiger partial charge in [0, 0.05) is 13.1 Å². The van der Waals surface area contributed by atoms with Gasteiger partial charge in [0.05, 0.1) is 12.2 Å². The van der Waals surface area contributed by atoms with E-state index in [9.17, 15) is 18.0 Å². The molecule has 0 aromatic heterocycles. The number of phenolic OH excluding ortho intramolecular Hbond substituents is 1. The highest BCUT2D eigenvalue weighted by atomic mass is 19.4. The number of phenols is 1. The first-order valence-corrected chi connectivity index (χ1v) is 8.76. The van der Waals surface area contributed by atoms with Crippen molar-refractivity contribution in [2.45, 2.75) is 25.6 Å². The molecule has 0 aliphatic carbocycles. The molecule has 0 atom stereocenters. The fraction of sp³-hybridized carbons (Fsp3) is 0.350. The summed E-state index contributed by atoms with van der Waals surface area (Å²) in [6.07, 6.45) is -2.19. The number of likely N-dealkylation sites (tertiary alicyclic amines) is 1. The molecular formula is C20H22F3NO4. The Labute approximate surface area is 161 Å². The first-order chi connectivity index (χ1) is 13.3. The van der Waals surface area contributed by atoms with Crippen LogP contribution in [0.1, 0.15) is 24.0 Å². The molecular weight excluding hydrogens is 375 g/mol. The van der Waals surface area contributed by atoms with Gasteiger partial charge in [0.1, 0.15) is 11.5 Å². The second-order valence-electron chi connectivity index (χ2n) is 6.23. The van der Waals surface area contributed by atoms with Crippen molar-refractivity contribution in [3.05, 3.63) is 59.7 Å². The molecule has 1 aliphatic rings. The number of ether oxygens (including phenoxy) is 1. The van der Waals surface area contributed by atoms with Crippen molar-refractivity contribution in [1.82, 2.24) is 4.90 Å². The lowest BCUT2D eigenvalue weighted by molar-refractivity contribution is -0.137. The van der Waals surface area contributed by atoms with Crippen molar-refractivity contribution < 1.29 is 32.9 Å². The van der Waals surface area contributed by atoms with E-state index < -0.39 is 11.7 Å². The number of alkyl halides is 3. The predicted octanol–water partition coefficient (Wildman–Crippen LogP) is 3.59. The Morgan fingerprint density at radius 3 is 2.21 bits per heavy atom. The molecule has 1 saturated heterocycles. The number of benzene rings is 2. The highest BCUT2D eigenvalue weighted by Crippen LogP contribution is 2.30. The van der Waals surface area contributed by atoms with E-state index in [1.807, 2.05) is 4.90 Å². The van der Waals surface area contributed by atoms with Crippen molar-refractivity contribution in [3.8, 4) is 11.5 Å². The van der Waals surface area contributed by atoms with Crippen molar-refractivity contribution in [2.24, 2.45) is 0 Å². The quantitative estimate of drug-likeness (QED) is 0.827. The number of rotatable bonds is 4. The van der Waals surface area contributed by atoms with Crippen molar-refractivity contribution in [1.29, 1.82) is 0 Å². The molecule has 2 N–H and O–H groups in total. The van der Waals surface area contributed by atoms with E-state index in [0.29, 0.717) is 11.8 Å². The van der Waals surface area contributed by atoms with Gasteiger partial charge in [-0.25, -0.2) is 0 Å². The Hall–Kier alpha value is -2.74. The summed E-state index contributed by atoms with van der Waals surface area (Å²) in [5, 5.41) is 17.6. The van der Waals surface area contributed by atoms with Crippen LogP contribution in [0.25, 0.3) is 0 Å². The van der Waals surface area contributed by atoms with Gasteiger partial charge < -0.3 is 19.8 Å². The van der Waals surface area contributed by atoms with Crippen molar-refractivity contribution >= 4 is 5.91 Å². The Kier molecular flexibility index (Phi) is 7.69. The number of hydrogen-bond acceptors (Lipinski definition) is 4. The summed E-state index contributed by atoms with van der Waals surface area (Å²) in [6, 6.07) is 11.0. The molecule has 2 aromatic carbocycles. The summed E-state index contributed by atoms with van der Waals surface area (Å²) < 4.78 is 41.0. The normalized spacial score (nSPS) is 13.6. The van der Waals surface area contributed by atoms with Gasteiger partial charge in [-0.1, -0.05) is 18.2 Å². The monoisotopic (exact) mass is 397 g/mol. The molecule has 0 radical (unpaired) electrons. The Morgan fingerprint density at radius 2 is 1.71 bits per heavy atom. The van der Waals surface area contributed by atoms with Gasteiger partial charge in [0.2, 0.25) is 0 Å². The topological polar surface area (TPSA) is 70.0 Å². The number of nitrogens with zero attached hydrogens (tertiary/aromatic N) is 1. The number of aliphatic hydroxyl groups is 1. The molecule has 1 heterocycles. The Bertz CT molecular complexity index is 757. The van der Waals surface area contributed by atoms with E-state index in [1.165, 1.54) is 6.07 Å². The molecule has 2 aromatic rings. The van der Waals surface area contributed by atoms with Crippen LogP contribution >= 0.6 is 0 Å². The first-order valence-electron chi connectivity index (χ1n) is 8.76. The number of halogens is 3. The van der Waals surface area contributed by atoms with Crippen LogP contribution in [0.5, 0.6) is 11.5 Å². The van der Waals surface area contributed by atoms with Gasteiger partial charge >= 0.3 is 6.18 Å². The highest BCUT2D eigenvalue weighted by Gasteiger charge is 2.30. The molecule has 1 fully saturated rings. The van der Waals surface area contributed by atoms with Crippen LogP contribution < -0.4 is 4.74 Å². The smallest absolute Gasteiger partial charge is 0.416 e. The number of aromatic hydroxyl groups is 1. The molecule has 3 rings (SSSR count). The van der Waals surface area contributed by atoms with Gasteiger partial charge in [-0.2, -0.15) is 13.2 Å². The zero-order valence-corrected chi connectivity index (χ0v) is 15.2. The molecule has 0 unspecified atom stereocenters. The largest absolute Gasteiger partial charge is 0.508 e. The molecule has 152 valence electrons. The van der Waals surface area contributed by atoms with Crippen LogP contribution in [0.3, 0.4) is 0 Å². The standard InChI is InChI=1S/C13H17NO3.C7H5F3O/c15-9-11-3-5-12(6-4-11)17-10-13(16)14-7-1-2-8-14;8-7(9,10)5-2-1-3-6(11)4-5/h3-6,15H,1-2,7-10H2;1-4,11H. The van der Waals surface area contributed by atoms with Crippen LogP contribution in [0.4, 0.5) is 13.2 Å². The van der Waals surface area contributed by atoms with Crippen LogP contribution in [0.15, 0.2) is 48.5 Å². The Morgan fingerprint density at radius 1 is 1.07 bits per heavy atom. The van der Waals surface area contributed by atoms with Gasteiger partial charge in [-0.3, -0.25) is 4.79 Å². The molecule has 0 spiro atoms. The lowest BCUT2D eigenvalue weighted by atomic mass is 10.2. The van der Waals surface area contributed by atoms with E-state index in [2.05, 4.69) is 0 Å². The average Bonchev–Trinajstić information content (AvgIpc) is 3.21. The zero-order chi connectivity index (χ0) is 20.6. The van der Waals surface area contributed by atoms with Gasteiger partial charge in [-0.05, 0) is 48.7 Å². The maximum atomic E-state index is 11.9. The fourth-order valence-corrected chi connectivity index (χ4v) is 2.58. The minimum Gasteiger partial charge on any atom is -0.508 e. The van der Waals surface area contributed by atoms with Crippen LogP contribution in [-0.2, 0) is 17.6 Å². The molecule has 1 amide bonds. The van der Waals surface area contributed by atoms with Crippen LogP contribution in [0.2, 0.25) is 0 Å². The predicted molar refractivity (Wildman–Crippen MR) is 96.8 cm³/mol. The van der Waals surface area contributed by atoms with Crippen LogP contribution in [0, 0.1) is 0 Å². The third-order valence-electron chi connectivity index (χ3n) is 4.10. The molecule has 0 bridgehead atoms. The SMILES string of the molecule is O=C(COc1ccc(CO)cc1)N1CCCC1.Oc1cccc(C(F)(F)F)c1. The van der Waals surface area contributed by atoms with E-state index in [4.69, 9.17) is 14.9 Å². The molecule has 28 heavy (non-hydrogen) atoms. The third-order valence-corrected chi connectivity index (χ3v) is 4.10.